The standard InChI is InChI=1S/C49H70N2O5.ClH/c1-31(2)42-37(52)27-49(40(53)29-51(28-32-11-10-12-32)41(54)30-50-25-8-9-26-50)24-23-47(6)36(43(42)49)17-18-39-46(5)21-19-35(33-13-15-34(16-14-33)44(55)56)45(3,4)38(46)20-22-48(39,47)7;/h13-16,19,31-32,36,38-40,53H,8-12,17-18,20-30H2,1-7H3,(H,55,56);1H/t36-,38+,39-,40+,46+,47-,48-,49+;/m1./s1. The molecule has 1 heterocycles. The van der Waals surface area contributed by atoms with Gasteiger partial charge in [-0.2, -0.15) is 0 Å². The zero-order valence-corrected chi connectivity index (χ0v) is 36.8. The molecule has 1 aromatic rings. The fraction of sp³-hybridized carbons (Fsp3) is 0.735. The van der Waals surface area contributed by atoms with Crippen molar-refractivity contribution in [3.05, 3.63) is 52.6 Å². The summed E-state index contributed by atoms with van der Waals surface area (Å²) in [5, 5.41) is 22.2. The first kappa shape index (κ1) is 42.6. The van der Waals surface area contributed by atoms with Crippen LogP contribution in [0.2, 0.25) is 0 Å². The number of carbonyl (C=O) groups excluding carboxylic acids is 2. The minimum absolute atomic E-state index is 0. The number of aromatic carboxylic acids is 1. The Labute approximate surface area is 348 Å². The Kier molecular flexibility index (Phi) is 11.4. The Bertz CT molecular complexity index is 1810. The average Bonchev–Trinajstić information content (AvgIpc) is 3.74. The second kappa shape index (κ2) is 15.2. The lowest BCUT2D eigenvalue weighted by Gasteiger charge is -2.71. The summed E-state index contributed by atoms with van der Waals surface area (Å²) in [5.41, 5.74) is 4.61. The Morgan fingerprint density at radius 3 is 2.18 bits per heavy atom. The Morgan fingerprint density at radius 1 is 0.877 bits per heavy atom. The Balaban J connectivity index is 0.00000496. The van der Waals surface area contributed by atoms with Gasteiger partial charge in [0.15, 0.2) is 5.78 Å². The van der Waals surface area contributed by atoms with Gasteiger partial charge in [-0.05, 0) is 164 Å². The van der Waals surface area contributed by atoms with E-state index in [2.05, 4.69) is 59.4 Å². The van der Waals surface area contributed by atoms with Crippen molar-refractivity contribution in [1.82, 2.24) is 9.80 Å². The van der Waals surface area contributed by atoms with Crippen LogP contribution in [0.5, 0.6) is 0 Å². The second-order valence-corrected chi connectivity index (χ2v) is 21.4. The molecule has 1 aliphatic heterocycles. The molecule has 8 atom stereocenters. The summed E-state index contributed by atoms with van der Waals surface area (Å²) < 4.78 is 0. The van der Waals surface area contributed by atoms with Crippen LogP contribution in [0.1, 0.15) is 148 Å². The van der Waals surface area contributed by atoms with Crippen LogP contribution in [0.15, 0.2) is 41.5 Å². The van der Waals surface area contributed by atoms with Gasteiger partial charge < -0.3 is 15.1 Å². The van der Waals surface area contributed by atoms with Crippen LogP contribution >= 0.6 is 12.4 Å². The van der Waals surface area contributed by atoms with Gasteiger partial charge in [-0.1, -0.05) is 78.7 Å². The third-order valence-electron chi connectivity index (χ3n) is 18.1. The van der Waals surface area contributed by atoms with Crippen molar-refractivity contribution in [3.63, 3.8) is 0 Å². The number of benzene rings is 1. The number of halogens is 1. The summed E-state index contributed by atoms with van der Waals surface area (Å²) in [5.74, 6) is 1.38. The number of Topliss-reactive ketones (excluding diaryl/α,β-unsaturated/α-hetero) is 1. The molecule has 314 valence electrons. The quantitative estimate of drug-likeness (QED) is 0.245. The molecule has 57 heavy (non-hydrogen) atoms. The molecule has 2 N–H and O–H groups in total. The van der Waals surface area contributed by atoms with Crippen molar-refractivity contribution in [2.45, 2.75) is 138 Å². The number of likely N-dealkylation sites (tertiary alicyclic amines) is 1. The first-order valence-corrected chi connectivity index (χ1v) is 22.5. The molecule has 0 spiro atoms. The minimum atomic E-state index is -0.890. The van der Waals surface area contributed by atoms with E-state index in [9.17, 15) is 24.6 Å². The summed E-state index contributed by atoms with van der Waals surface area (Å²) in [4.78, 5) is 44.2. The van der Waals surface area contributed by atoms with Gasteiger partial charge in [-0.15, -0.1) is 12.4 Å². The lowest BCUT2D eigenvalue weighted by molar-refractivity contribution is -0.200. The molecule has 0 aromatic heterocycles. The maximum atomic E-state index is 14.3. The summed E-state index contributed by atoms with van der Waals surface area (Å²) in [6, 6.07) is 7.49. The molecular weight excluding hydrogens is 732 g/mol. The number of allylic oxidation sites excluding steroid dienone is 3. The summed E-state index contributed by atoms with van der Waals surface area (Å²) in [7, 11) is 0. The number of ketones is 1. The molecule has 5 fully saturated rings. The minimum Gasteiger partial charge on any atom is -0.478 e. The zero-order chi connectivity index (χ0) is 40.0. The molecule has 4 saturated carbocycles. The van der Waals surface area contributed by atoms with E-state index in [1.165, 1.54) is 17.6 Å². The first-order valence-electron chi connectivity index (χ1n) is 22.5. The zero-order valence-electron chi connectivity index (χ0n) is 36.0. The largest absolute Gasteiger partial charge is 0.478 e. The highest BCUT2D eigenvalue weighted by Crippen LogP contribution is 2.77. The Morgan fingerprint density at radius 2 is 1.56 bits per heavy atom. The molecule has 1 aromatic carbocycles. The number of rotatable bonds is 10. The molecule has 1 amide bonds. The molecule has 8 heteroatoms. The van der Waals surface area contributed by atoms with E-state index in [1.807, 2.05) is 17.0 Å². The van der Waals surface area contributed by atoms with Crippen molar-refractivity contribution in [1.29, 1.82) is 0 Å². The molecule has 7 aliphatic rings. The topological polar surface area (TPSA) is 98.2 Å². The van der Waals surface area contributed by atoms with E-state index in [0.29, 0.717) is 42.8 Å². The number of carbonyl (C=O) groups is 3. The third kappa shape index (κ3) is 6.62. The van der Waals surface area contributed by atoms with Gasteiger partial charge >= 0.3 is 5.97 Å². The van der Waals surface area contributed by atoms with Crippen molar-refractivity contribution < 1.29 is 24.6 Å². The first-order chi connectivity index (χ1) is 26.5. The molecule has 0 bridgehead atoms. The average molecular weight is 804 g/mol. The van der Waals surface area contributed by atoms with Crippen molar-refractivity contribution >= 4 is 35.6 Å². The molecule has 0 unspecified atom stereocenters. The lowest BCUT2D eigenvalue weighted by Crippen LogP contribution is -2.65. The van der Waals surface area contributed by atoms with Gasteiger partial charge in [0.1, 0.15) is 0 Å². The Hall–Kier alpha value is -2.48. The lowest BCUT2D eigenvalue weighted by atomic mass is 9.33. The van der Waals surface area contributed by atoms with Crippen LogP contribution in [0.4, 0.5) is 0 Å². The van der Waals surface area contributed by atoms with Crippen LogP contribution in [0, 0.1) is 56.7 Å². The predicted molar refractivity (Wildman–Crippen MR) is 229 cm³/mol. The number of hydrogen-bond acceptors (Lipinski definition) is 5. The predicted octanol–water partition coefficient (Wildman–Crippen LogP) is 9.87. The van der Waals surface area contributed by atoms with Crippen LogP contribution in [0.3, 0.4) is 0 Å². The van der Waals surface area contributed by atoms with Gasteiger partial charge in [-0.3, -0.25) is 14.5 Å². The van der Waals surface area contributed by atoms with Crippen LogP contribution in [0.25, 0.3) is 5.57 Å². The van der Waals surface area contributed by atoms with E-state index in [-0.39, 0.29) is 57.6 Å². The van der Waals surface area contributed by atoms with Gasteiger partial charge in [-0.25, -0.2) is 4.79 Å². The molecule has 7 nitrogen and oxygen atoms in total. The number of nitrogens with zero attached hydrogens (tertiary/aromatic N) is 2. The SMILES string of the molecule is CC(C)C1=C2[C@H]3CC[C@@H]4[C@@]5(C)CC=C(c6ccc(C(=O)O)cc6)C(C)(C)[C@@H]5CC[C@@]4(C)[C@]3(C)CC[C@@]2([C@@H](O)CN(CC2CCC2)C(=O)CN2CCCC2)CC1=O.Cl. The maximum absolute atomic E-state index is 14.3. The number of carboxylic acid groups (broad SMARTS) is 1. The summed E-state index contributed by atoms with van der Waals surface area (Å²) in [6.07, 6.45) is 15.2. The van der Waals surface area contributed by atoms with E-state index < -0.39 is 17.5 Å². The third-order valence-corrected chi connectivity index (χ3v) is 18.1. The van der Waals surface area contributed by atoms with Crippen LogP contribution in [-0.4, -0.2) is 76.5 Å². The van der Waals surface area contributed by atoms with Crippen molar-refractivity contribution in [3.8, 4) is 0 Å². The fourth-order valence-corrected chi connectivity index (χ4v) is 14.9. The highest BCUT2D eigenvalue weighted by atomic mass is 35.5. The smallest absolute Gasteiger partial charge is 0.335 e. The highest BCUT2D eigenvalue weighted by Gasteiger charge is 2.70. The summed E-state index contributed by atoms with van der Waals surface area (Å²) in [6.45, 7) is 20.4. The molecular formula is C49H71ClN2O5. The molecule has 6 aliphatic carbocycles. The number of hydrogen-bond donors (Lipinski definition) is 2. The van der Waals surface area contributed by atoms with E-state index in [1.54, 1.807) is 12.1 Å². The normalized spacial score (nSPS) is 36.6. The second-order valence-electron chi connectivity index (χ2n) is 21.4. The number of fused-ring (bicyclic) bond motifs is 7. The highest BCUT2D eigenvalue weighted by molar-refractivity contribution is 6.01. The van der Waals surface area contributed by atoms with E-state index >= 15 is 0 Å². The fourth-order valence-electron chi connectivity index (χ4n) is 14.9. The molecule has 8 rings (SSSR count). The van der Waals surface area contributed by atoms with Gasteiger partial charge in [0, 0.05) is 24.9 Å². The number of carboxylic acids is 1. The number of aliphatic hydroxyl groups is 1. The van der Waals surface area contributed by atoms with Crippen LogP contribution in [-0.2, 0) is 9.59 Å². The summed E-state index contributed by atoms with van der Waals surface area (Å²) >= 11 is 0. The number of amides is 1. The maximum Gasteiger partial charge on any atom is 0.335 e. The van der Waals surface area contributed by atoms with E-state index in [0.717, 1.165) is 101 Å². The van der Waals surface area contributed by atoms with Crippen molar-refractivity contribution in [2.24, 2.45) is 56.7 Å². The van der Waals surface area contributed by atoms with Gasteiger partial charge in [0.25, 0.3) is 0 Å². The van der Waals surface area contributed by atoms with E-state index in [4.69, 9.17) is 0 Å². The molecule has 1 saturated heterocycles. The van der Waals surface area contributed by atoms with Gasteiger partial charge in [0.05, 0.1) is 18.2 Å². The van der Waals surface area contributed by atoms with Crippen LogP contribution < -0.4 is 0 Å². The molecule has 0 radical (unpaired) electrons. The van der Waals surface area contributed by atoms with Gasteiger partial charge in [0.2, 0.25) is 5.91 Å². The van der Waals surface area contributed by atoms with Crippen molar-refractivity contribution in [2.75, 3.05) is 32.7 Å². The monoisotopic (exact) mass is 803 g/mol. The number of aliphatic hydroxyl groups excluding tert-OH is 1.